The van der Waals surface area contributed by atoms with E-state index in [1.165, 1.54) is 5.57 Å². The third-order valence-electron chi connectivity index (χ3n) is 6.64. The van der Waals surface area contributed by atoms with Crippen LogP contribution < -0.4 is 0 Å². The van der Waals surface area contributed by atoms with E-state index in [1.807, 2.05) is 18.3 Å². The predicted molar refractivity (Wildman–Crippen MR) is 129 cm³/mol. The smallest absolute Gasteiger partial charge is 0.232 e. The van der Waals surface area contributed by atoms with Gasteiger partial charge in [0.05, 0.1) is 5.69 Å². The van der Waals surface area contributed by atoms with Crippen molar-refractivity contribution >= 4 is 6.08 Å². The van der Waals surface area contributed by atoms with Crippen LogP contribution in [-0.4, -0.2) is 52.5 Å². The van der Waals surface area contributed by atoms with Crippen LogP contribution in [0.2, 0.25) is 0 Å². The van der Waals surface area contributed by atoms with Crippen molar-refractivity contribution in [1.29, 1.82) is 5.26 Å². The Morgan fingerprint density at radius 2 is 1.73 bits per heavy atom. The molecule has 6 heteroatoms. The molecule has 2 aliphatic rings. The Labute approximate surface area is 197 Å². The van der Waals surface area contributed by atoms with Crippen molar-refractivity contribution < 1.29 is 4.39 Å². The third-order valence-corrected chi connectivity index (χ3v) is 6.64. The van der Waals surface area contributed by atoms with E-state index >= 15 is 0 Å². The summed E-state index contributed by atoms with van der Waals surface area (Å²) < 4.78 is 13.2. The van der Waals surface area contributed by atoms with Crippen molar-refractivity contribution in [2.24, 2.45) is 11.3 Å². The topological polar surface area (TPSA) is 56.1 Å². The molecule has 5 nitrogen and oxygen atoms in total. The second-order valence-electron chi connectivity index (χ2n) is 10.6. The van der Waals surface area contributed by atoms with Crippen LogP contribution in [0, 0.1) is 28.5 Å². The second-order valence-corrected chi connectivity index (χ2v) is 10.6. The molecule has 2 heterocycles. The monoisotopic (exact) mass is 447 g/mol. The van der Waals surface area contributed by atoms with E-state index in [0.29, 0.717) is 5.92 Å². The van der Waals surface area contributed by atoms with Crippen molar-refractivity contribution in [1.82, 2.24) is 19.8 Å². The number of fused-ring (bicyclic) bond motifs is 1. The Hall–Kier alpha value is -2.62. The van der Waals surface area contributed by atoms with Gasteiger partial charge in [0.2, 0.25) is 5.82 Å². The van der Waals surface area contributed by atoms with Gasteiger partial charge in [0.25, 0.3) is 0 Å². The largest absolute Gasteiger partial charge is 0.297 e. The van der Waals surface area contributed by atoms with E-state index < -0.39 is 0 Å². The number of nitrogens with zero attached hydrogens (tertiary/aromatic N) is 5. The highest BCUT2D eigenvalue weighted by molar-refractivity contribution is 5.57. The molecule has 4 rings (SSSR count). The summed E-state index contributed by atoms with van der Waals surface area (Å²) in [4.78, 5) is 13.7. The van der Waals surface area contributed by atoms with E-state index in [4.69, 9.17) is 0 Å². The Bertz CT molecular complexity index is 1020. The fourth-order valence-electron chi connectivity index (χ4n) is 4.97. The summed E-state index contributed by atoms with van der Waals surface area (Å²) in [5.41, 5.74) is 4.94. The maximum absolute atomic E-state index is 13.2. The molecular formula is C27H34FN5. The molecule has 0 saturated carbocycles. The number of aromatic nitrogens is 2. The van der Waals surface area contributed by atoms with Gasteiger partial charge in [-0.1, -0.05) is 44.6 Å². The summed E-state index contributed by atoms with van der Waals surface area (Å²) in [6.45, 7) is 12.8. The van der Waals surface area contributed by atoms with Crippen LogP contribution in [0.25, 0.3) is 6.08 Å². The highest BCUT2D eigenvalue weighted by Crippen LogP contribution is 2.36. The van der Waals surface area contributed by atoms with E-state index in [1.54, 1.807) is 12.1 Å². The average Bonchev–Trinajstić information content (AvgIpc) is 2.94. The highest BCUT2D eigenvalue weighted by atomic mass is 19.1. The van der Waals surface area contributed by atoms with Crippen molar-refractivity contribution in [3.8, 4) is 6.07 Å². The Balaban J connectivity index is 1.44. The van der Waals surface area contributed by atoms with Crippen LogP contribution in [0.15, 0.2) is 36.0 Å². The lowest BCUT2D eigenvalue weighted by Crippen LogP contribution is -2.46. The van der Waals surface area contributed by atoms with Gasteiger partial charge in [0, 0.05) is 51.0 Å². The number of hydrogen-bond acceptors (Lipinski definition) is 5. The molecule has 1 unspecified atom stereocenters. The van der Waals surface area contributed by atoms with Crippen molar-refractivity contribution in [2.45, 2.75) is 46.6 Å². The molecule has 1 fully saturated rings. The highest BCUT2D eigenvalue weighted by Gasteiger charge is 2.27. The van der Waals surface area contributed by atoms with Gasteiger partial charge in [-0.15, -0.1) is 0 Å². The van der Waals surface area contributed by atoms with Crippen LogP contribution in [0.5, 0.6) is 0 Å². The van der Waals surface area contributed by atoms with Gasteiger partial charge in [-0.05, 0) is 48.3 Å². The SMILES string of the molecule is CC(C)(C)CC1CCc2nc(C#N)ncc2C=C1CN1CCN(Cc2ccc(F)cc2)CC1. The summed E-state index contributed by atoms with van der Waals surface area (Å²) in [6.07, 6.45) is 7.20. The molecule has 33 heavy (non-hydrogen) atoms. The quantitative estimate of drug-likeness (QED) is 0.666. The number of piperazine rings is 1. The Morgan fingerprint density at radius 3 is 2.36 bits per heavy atom. The van der Waals surface area contributed by atoms with Crippen LogP contribution in [0.4, 0.5) is 4.39 Å². The van der Waals surface area contributed by atoms with Crippen LogP contribution in [-0.2, 0) is 13.0 Å². The molecule has 0 N–H and O–H groups in total. The predicted octanol–water partition coefficient (Wildman–Crippen LogP) is 4.69. The van der Waals surface area contributed by atoms with Gasteiger partial charge in [0.15, 0.2) is 0 Å². The fourth-order valence-corrected chi connectivity index (χ4v) is 4.97. The Kier molecular flexibility index (Phi) is 7.21. The molecule has 1 saturated heterocycles. The van der Waals surface area contributed by atoms with Crippen molar-refractivity contribution in [3.63, 3.8) is 0 Å². The summed E-state index contributed by atoms with van der Waals surface area (Å²) >= 11 is 0. The van der Waals surface area contributed by atoms with E-state index in [-0.39, 0.29) is 17.1 Å². The summed E-state index contributed by atoms with van der Waals surface area (Å²) in [5, 5.41) is 9.19. The van der Waals surface area contributed by atoms with Gasteiger partial charge >= 0.3 is 0 Å². The molecule has 0 amide bonds. The van der Waals surface area contributed by atoms with E-state index in [2.05, 4.69) is 52.7 Å². The van der Waals surface area contributed by atoms with Gasteiger partial charge in [-0.3, -0.25) is 9.80 Å². The Morgan fingerprint density at radius 1 is 1.06 bits per heavy atom. The third kappa shape index (κ3) is 6.46. The molecule has 174 valence electrons. The van der Waals surface area contributed by atoms with Crippen LogP contribution in [0.1, 0.15) is 56.3 Å². The number of nitriles is 1. The molecule has 1 atom stereocenters. The summed E-state index contributed by atoms with van der Waals surface area (Å²) in [5.74, 6) is 0.582. The first-order chi connectivity index (χ1) is 15.8. The fraction of sp³-hybridized carbons (Fsp3) is 0.519. The number of benzene rings is 1. The first-order valence-corrected chi connectivity index (χ1v) is 11.9. The lowest BCUT2D eigenvalue weighted by Gasteiger charge is -2.37. The second kappa shape index (κ2) is 10.1. The first-order valence-electron chi connectivity index (χ1n) is 11.9. The van der Waals surface area contributed by atoms with Gasteiger partial charge in [0.1, 0.15) is 11.9 Å². The summed E-state index contributed by atoms with van der Waals surface area (Å²) in [7, 11) is 0. The minimum Gasteiger partial charge on any atom is -0.297 e. The molecule has 1 aromatic carbocycles. The lowest BCUT2D eigenvalue weighted by atomic mass is 9.79. The lowest BCUT2D eigenvalue weighted by molar-refractivity contribution is 0.131. The molecule has 2 aromatic rings. The number of halogens is 1. The van der Waals surface area contributed by atoms with Crippen molar-refractivity contribution in [2.75, 3.05) is 32.7 Å². The molecular weight excluding hydrogens is 413 g/mol. The standard InChI is InChI=1S/C27H34FN5/c1-27(2,3)15-21-6-9-25-22(17-30-26(16-29)31-25)14-23(21)19-33-12-10-32(11-13-33)18-20-4-7-24(28)8-5-20/h4-5,7-8,14,17,21H,6,9-13,15,18-19H2,1-3H3. The number of hydrogen-bond donors (Lipinski definition) is 0. The van der Waals surface area contributed by atoms with Crippen LogP contribution >= 0.6 is 0 Å². The van der Waals surface area contributed by atoms with Gasteiger partial charge in [-0.25, -0.2) is 14.4 Å². The molecule has 0 bridgehead atoms. The zero-order chi connectivity index (χ0) is 23.4. The molecule has 1 aromatic heterocycles. The molecule has 1 aliphatic heterocycles. The zero-order valence-electron chi connectivity index (χ0n) is 20.0. The molecule has 0 radical (unpaired) electrons. The van der Waals surface area contributed by atoms with E-state index in [9.17, 15) is 9.65 Å². The van der Waals surface area contributed by atoms with Gasteiger partial charge in [-0.2, -0.15) is 5.26 Å². The number of rotatable bonds is 5. The van der Waals surface area contributed by atoms with Crippen molar-refractivity contribution in [3.05, 3.63) is 64.5 Å². The minimum absolute atomic E-state index is 0.180. The minimum atomic E-state index is -0.180. The molecule has 1 aliphatic carbocycles. The van der Waals surface area contributed by atoms with Crippen LogP contribution in [0.3, 0.4) is 0 Å². The maximum atomic E-state index is 13.2. The molecule has 0 spiro atoms. The summed E-state index contributed by atoms with van der Waals surface area (Å²) in [6, 6.07) is 8.92. The zero-order valence-corrected chi connectivity index (χ0v) is 20.0. The average molecular weight is 448 g/mol. The van der Waals surface area contributed by atoms with Gasteiger partial charge < -0.3 is 0 Å². The number of aryl methyl sites for hydroxylation is 1. The normalized spacial score (nSPS) is 20.0. The van der Waals surface area contributed by atoms with E-state index in [0.717, 1.165) is 75.4 Å². The first kappa shape index (κ1) is 23.5. The maximum Gasteiger partial charge on any atom is 0.232 e.